The van der Waals surface area contributed by atoms with E-state index < -0.39 is 0 Å². The van der Waals surface area contributed by atoms with E-state index in [4.69, 9.17) is 0 Å². The van der Waals surface area contributed by atoms with E-state index in [1.807, 2.05) is 13.0 Å². The molecule has 0 unspecified atom stereocenters. The molecule has 0 aromatic carbocycles. The van der Waals surface area contributed by atoms with Crippen LogP contribution in [0.25, 0.3) is 0 Å². The van der Waals surface area contributed by atoms with Crippen molar-refractivity contribution < 1.29 is 0 Å². The van der Waals surface area contributed by atoms with Gasteiger partial charge in [0.05, 0.1) is 5.69 Å². The van der Waals surface area contributed by atoms with Crippen LogP contribution in [0.5, 0.6) is 0 Å². The van der Waals surface area contributed by atoms with Crippen LogP contribution in [0, 0.1) is 13.0 Å². The first-order valence-electron chi connectivity index (χ1n) is 2.29. The molecular weight excluding hydrogens is 166 g/mol. The Kier molecular flexibility index (Phi) is 1.63. The van der Waals surface area contributed by atoms with E-state index in [0.29, 0.717) is 0 Å². The Morgan fingerprint density at radius 1 is 1.75 bits per heavy atom. The molecule has 0 saturated carbocycles. The molecule has 1 rings (SSSR count). The molecule has 0 amide bonds. The van der Waals surface area contributed by atoms with Gasteiger partial charge >= 0.3 is 0 Å². The Morgan fingerprint density at radius 3 is 2.88 bits per heavy atom. The number of rotatable bonds is 0. The van der Waals surface area contributed by atoms with Gasteiger partial charge in [0.15, 0.2) is 0 Å². The maximum atomic E-state index is 3.98. The molecule has 0 aliphatic heterocycles. The Hall–Kier alpha value is -0.370. The maximum Gasteiger partial charge on any atom is 0.0514 e. The average molecular weight is 171 g/mol. The molecule has 1 nitrogen and oxygen atoms in total. The molecule has 1 heterocycles. The Bertz CT molecular complexity index is 165. The minimum absolute atomic E-state index is 1.00. The van der Waals surface area contributed by atoms with Crippen LogP contribution in [-0.2, 0) is 0 Å². The fraction of sp³-hybridized carbons (Fsp3) is 0.167. The van der Waals surface area contributed by atoms with Gasteiger partial charge < -0.3 is 0 Å². The molecule has 1 aromatic rings. The van der Waals surface area contributed by atoms with Gasteiger partial charge in [-0.05, 0) is 28.9 Å². The fourth-order valence-corrected chi connectivity index (χ4v) is 0.645. The topological polar surface area (TPSA) is 12.9 Å². The van der Waals surface area contributed by atoms with Crippen LogP contribution in [0.4, 0.5) is 0 Å². The predicted molar refractivity (Wildman–Crippen MR) is 35.5 cm³/mol. The molecule has 2 heteroatoms. The monoisotopic (exact) mass is 170 g/mol. The summed E-state index contributed by atoms with van der Waals surface area (Å²) in [5.41, 5.74) is 1.00. The summed E-state index contributed by atoms with van der Waals surface area (Å²) in [7, 11) is 0. The average Bonchev–Trinajstić information content (AvgIpc) is 1.77. The first-order valence-corrected chi connectivity index (χ1v) is 3.08. The van der Waals surface area contributed by atoms with E-state index in [2.05, 4.69) is 27.0 Å². The Morgan fingerprint density at radius 2 is 2.50 bits per heavy atom. The largest absolute Gasteiger partial charge is 0.260 e. The van der Waals surface area contributed by atoms with E-state index in [-0.39, 0.29) is 0 Å². The van der Waals surface area contributed by atoms with E-state index in [9.17, 15) is 0 Å². The van der Waals surface area contributed by atoms with Gasteiger partial charge in [0, 0.05) is 16.7 Å². The second-order valence-corrected chi connectivity index (χ2v) is 2.36. The third-order valence-corrected chi connectivity index (χ3v) is 1.69. The molecular formula is C6H5BrN. The quantitative estimate of drug-likeness (QED) is 0.581. The number of hydrogen-bond acceptors (Lipinski definition) is 1. The molecule has 0 N–H and O–H groups in total. The summed E-state index contributed by atoms with van der Waals surface area (Å²) >= 11 is 3.30. The number of halogens is 1. The standard InChI is InChI=1S/C6H5BrN/c1-5-6(7)3-2-4-8-5/h3-4H,1H3. The van der Waals surface area contributed by atoms with Gasteiger partial charge in [-0.25, -0.2) is 0 Å². The van der Waals surface area contributed by atoms with Gasteiger partial charge in [-0.2, -0.15) is 0 Å². The van der Waals surface area contributed by atoms with Crippen molar-refractivity contribution >= 4 is 15.9 Å². The van der Waals surface area contributed by atoms with Gasteiger partial charge in [-0.3, -0.25) is 4.98 Å². The Labute approximate surface area is 56.9 Å². The number of pyridine rings is 1. The zero-order valence-electron chi connectivity index (χ0n) is 4.48. The number of nitrogens with zero attached hydrogens (tertiary/aromatic N) is 1. The van der Waals surface area contributed by atoms with Crippen molar-refractivity contribution in [3.8, 4) is 0 Å². The van der Waals surface area contributed by atoms with Crippen LogP contribution in [-0.4, -0.2) is 4.98 Å². The SMILES string of the molecule is Cc1nc[c]cc1Br. The lowest BCUT2D eigenvalue weighted by atomic mass is 10.4. The summed E-state index contributed by atoms with van der Waals surface area (Å²) in [5, 5.41) is 0. The lowest BCUT2D eigenvalue weighted by Crippen LogP contribution is -1.77. The summed E-state index contributed by atoms with van der Waals surface area (Å²) in [6, 6.07) is 4.69. The fourth-order valence-electron chi connectivity index (χ4n) is 0.411. The minimum atomic E-state index is 1.00. The third-order valence-electron chi connectivity index (χ3n) is 0.888. The van der Waals surface area contributed by atoms with Crippen molar-refractivity contribution in [3.63, 3.8) is 0 Å². The summed E-state index contributed by atoms with van der Waals surface area (Å²) in [4.78, 5) is 3.98. The number of hydrogen-bond donors (Lipinski definition) is 0. The second-order valence-electron chi connectivity index (χ2n) is 1.50. The lowest BCUT2D eigenvalue weighted by molar-refractivity contribution is 1.18. The predicted octanol–water partition coefficient (Wildman–Crippen LogP) is 1.95. The van der Waals surface area contributed by atoms with E-state index in [0.717, 1.165) is 10.2 Å². The highest BCUT2D eigenvalue weighted by Gasteiger charge is 1.88. The summed E-state index contributed by atoms with van der Waals surface area (Å²) in [6.45, 7) is 1.94. The molecule has 1 aromatic heterocycles. The lowest BCUT2D eigenvalue weighted by Gasteiger charge is -1.90. The highest BCUT2D eigenvalue weighted by atomic mass is 79.9. The summed E-state index contributed by atoms with van der Waals surface area (Å²) in [6.07, 6.45) is 1.65. The van der Waals surface area contributed by atoms with Crippen LogP contribution in [0.15, 0.2) is 16.7 Å². The van der Waals surface area contributed by atoms with E-state index in [1.54, 1.807) is 6.20 Å². The molecule has 0 aliphatic carbocycles. The van der Waals surface area contributed by atoms with Crippen LogP contribution in [0.1, 0.15) is 5.69 Å². The maximum absolute atomic E-state index is 3.98. The molecule has 0 spiro atoms. The zero-order valence-corrected chi connectivity index (χ0v) is 6.07. The molecule has 8 heavy (non-hydrogen) atoms. The van der Waals surface area contributed by atoms with Crippen molar-refractivity contribution in [2.45, 2.75) is 6.92 Å². The summed E-state index contributed by atoms with van der Waals surface area (Å²) < 4.78 is 1.01. The van der Waals surface area contributed by atoms with Gasteiger partial charge in [0.1, 0.15) is 0 Å². The van der Waals surface area contributed by atoms with Crippen molar-refractivity contribution in [3.05, 3.63) is 28.5 Å². The molecule has 41 valence electrons. The first-order chi connectivity index (χ1) is 3.80. The molecule has 0 atom stereocenters. The van der Waals surface area contributed by atoms with Crippen LogP contribution >= 0.6 is 15.9 Å². The van der Waals surface area contributed by atoms with Crippen LogP contribution in [0.2, 0.25) is 0 Å². The molecule has 0 bridgehead atoms. The van der Waals surface area contributed by atoms with Crippen molar-refractivity contribution in [2.75, 3.05) is 0 Å². The number of aromatic nitrogens is 1. The molecule has 1 radical (unpaired) electrons. The smallest absolute Gasteiger partial charge is 0.0514 e. The van der Waals surface area contributed by atoms with Gasteiger partial charge in [0.25, 0.3) is 0 Å². The Balaban J connectivity index is 3.13. The number of aryl methyl sites for hydroxylation is 1. The van der Waals surface area contributed by atoms with Gasteiger partial charge in [-0.1, -0.05) is 0 Å². The highest BCUT2D eigenvalue weighted by molar-refractivity contribution is 9.10. The van der Waals surface area contributed by atoms with Crippen LogP contribution < -0.4 is 0 Å². The normalized spacial score (nSPS) is 9.25. The van der Waals surface area contributed by atoms with Gasteiger partial charge in [0.2, 0.25) is 0 Å². The summed E-state index contributed by atoms with van der Waals surface area (Å²) in [5.74, 6) is 0. The van der Waals surface area contributed by atoms with E-state index in [1.165, 1.54) is 0 Å². The molecule has 0 aliphatic rings. The first kappa shape index (κ1) is 5.76. The van der Waals surface area contributed by atoms with Crippen molar-refractivity contribution in [2.24, 2.45) is 0 Å². The minimum Gasteiger partial charge on any atom is -0.260 e. The van der Waals surface area contributed by atoms with Crippen molar-refractivity contribution in [1.29, 1.82) is 0 Å². The second kappa shape index (κ2) is 2.27. The van der Waals surface area contributed by atoms with Crippen molar-refractivity contribution in [1.82, 2.24) is 4.98 Å². The van der Waals surface area contributed by atoms with Crippen LogP contribution in [0.3, 0.4) is 0 Å². The van der Waals surface area contributed by atoms with Gasteiger partial charge in [-0.15, -0.1) is 0 Å². The zero-order chi connectivity index (χ0) is 5.98. The molecule has 0 saturated heterocycles. The molecule has 0 fully saturated rings. The highest BCUT2D eigenvalue weighted by Crippen LogP contribution is 2.09. The third kappa shape index (κ3) is 1.07. The van der Waals surface area contributed by atoms with E-state index >= 15 is 0 Å².